The van der Waals surface area contributed by atoms with Gasteiger partial charge in [0, 0.05) is 30.6 Å². The molecule has 1 fully saturated rings. The van der Waals surface area contributed by atoms with Crippen molar-refractivity contribution >= 4 is 11.8 Å². The van der Waals surface area contributed by atoms with E-state index in [4.69, 9.17) is 0 Å². The van der Waals surface area contributed by atoms with Crippen LogP contribution in [0, 0.1) is 11.3 Å². The van der Waals surface area contributed by atoms with Gasteiger partial charge in [-0.1, -0.05) is 32.9 Å². The largest absolute Gasteiger partial charge is 0.352 e. The second kappa shape index (κ2) is 8.48. The number of likely N-dealkylation sites (tertiary alicyclic amines) is 1. The molecule has 1 unspecified atom stereocenters. The zero-order valence-corrected chi connectivity index (χ0v) is 15.9. The molecule has 0 aromatic heterocycles. The highest BCUT2D eigenvalue weighted by atomic mass is 16.2. The Bertz CT molecular complexity index is 588. The molecule has 138 valence electrons. The van der Waals surface area contributed by atoms with Crippen molar-refractivity contribution in [3.8, 4) is 0 Å². The molecule has 1 heterocycles. The summed E-state index contributed by atoms with van der Waals surface area (Å²) in [5.74, 6) is 0.664. The first kappa shape index (κ1) is 19.4. The van der Waals surface area contributed by atoms with Crippen LogP contribution in [-0.4, -0.2) is 43.4 Å². The lowest BCUT2D eigenvalue weighted by molar-refractivity contribution is -0.128. The van der Waals surface area contributed by atoms with Crippen molar-refractivity contribution in [3.05, 3.63) is 35.4 Å². The highest BCUT2D eigenvalue weighted by molar-refractivity contribution is 5.94. The summed E-state index contributed by atoms with van der Waals surface area (Å²) >= 11 is 0. The fourth-order valence-electron chi connectivity index (χ4n) is 3.10. The molecule has 5 heteroatoms. The summed E-state index contributed by atoms with van der Waals surface area (Å²) in [6.45, 7) is 8.78. The SMILES string of the molecule is CNCC1CCCN(C(=O)c2ccc(CNC(=O)C(C)(C)C)cc2)C1. The number of nitrogens with one attached hydrogen (secondary N) is 2. The van der Waals surface area contributed by atoms with Crippen LogP contribution in [0.3, 0.4) is 0 Å². The minimum atomic E-state index is -0.395. The van der Waals surface area contributed by atoms with E-state index in [-0.39, 0.29) is 11.8 Å². The third-order valence-corrected chi connectivity index (χ3v) is 4.63. The first-order valence-electron chi connectivity index (χ1n) is 9.12. The molecule has 0 radical (unpaired) electrons. The van der Waals surface area contributed by atoms with Crippen LogP contribution >= 0.6 is 0 Å². The van der Waals surface area contributed by atoms with Crippen molar-refractivity contribution in [3.63, 3.8) is 0 Å². The van der Waals surface area contributed by atoms with Crippen LogP contribution in [0.1, 0.15) is 49.5 Å². The predicted molar refractivity (Wildman–Crippen MR) is 100 cm³/mol. The first-order chi connectivity index (χ1) is 11.8. The number of nitrogens with zero attached hydrogens (tertiary/aromatic N) is 1. The minimum Gasteiger partial charge on any atom is -0.352 e. The van der Waals surface area contributed by atoms with Crippen LogP contribution < -0.4 is 10.6 Å². The summed E-state index contributed by atoms with van der Waals surface area (Å²) in [7, 11) is 1.96. The van der Waals surface area contributed by atoms with Gasteiger partial charge in [-0.05, 0) is 50.0 Å². The van der Waals surface area contributed by atoms with Gasteiger partial charge in [0.2, 0.25) is 5.91 Å². The Kier molecular flexibility index (Phi) is 6.59. The molecule has 1 aromatic rings. The summed E-state index contributed by atoms with van der Waals surface area (Å²) in [6.07, 6.45) is 2.24. The number of carbonyl (C=O) groups excluding carboxylic acids is 2. The Labute approximate surface area is 151 Å². The Morgan fingerprint density at radius 3 is 2.48 bits per heavy atom. The van der Waals surface area contributed by atoms with E-state index >= 15 is 0 Å². The highest BCUT2D eigenvalue weighted by Crippen LogP contribution is 2.18. The molecule has 2 rings (SSSR count). The van der Waals surface area contributed by atoms with Crippen molar-refractivity contribution in [1.82, 2.24) is 15.5 Å². The molecule has 1 atom stereocenters. The molecule has 0 aliphatic carbocycles. The number of rotatable bonds is 5. The van der Waals surface area contributed by atoms with Gasteiger partial charge in [0.1, 0.15) is 0 Å². The first-order valence-corrected chi connectivity index (χ1v) is 9.12. The normalized spacial score (nSPS) is 18.1. The molecular weight excluding hydrogens is 314 g/mol. The highest BCUT2D eigenvalue weighted by Gasteiger charge is 2.24. The number of piperidine rings is 1. The van der Waals surface area contributed by atoms with Crippen LogP contribution in [0.2, 0.25) is 0 Å². The summed E-state index contributed by atoms with van der Waals surface area (Å²) in [5.41, 5.74) is 1.32. The lowest BCUT2D eigenvalue weighted by Crippen LogP contribution is -2.42. The maximum atomic E-state index is 12.7. The van der Waals surface area contributed by atoms with Crippen molar-refractivity contribution in [2.75, 3.05) is 26.7 Å². The van der Waals surface area contributed by atoms with Crippen LogP contribution in [0.15, 0.2) is 24.3 Å². The number of benzene rings is 1. The third-order valence-electron chi connectivity index (χ3n) is 4.63. The topological polar surface area (TPSA) is 61.4 Å². The molecule has 2 amide bonds. The van der Waals surface area contributed by atoms with Gasteiger partial charge in [0.25, 0.3) is 5.91 Å². The number of carbonyl (C=O) groups is 2. The monoisotopic (exact) mass is 345 g/mol. The Hall–Kier alpha value is -1.88. The Morgan fingerprint density at radius 1 is 1.20 bits per heavy atom. The number of amides is 2. The Balaban J connectivity index is 1.92. The van der Waals surface area contributed by atoms with Gasteiger partial charge in [-0.15, -0.1) is 0 Å². The number of hydrogen-bond donors (Lipinski definition) is 2. The van der Waals surface area contributed by atoms with Gasteiger partial charge in [-0.3, -0.25) is 9.59 Å². The maximum absolute atomic E-state index is 12.7. The van der Waals surface area contributed by atoms with E-state index in [2.05, 4.69) is 10.6 Å². The van der Waals surface area contributed by atoms with Crippen LogP contribution in [0.4, 0.5) is 0 Å². The maximum Gasteiger partial charge on any atom is 0.253 e. The van der Waals surface area contributed by atoms with Crippen LogP contribution in [0.25, 0.3) is 0 Å². The van der Waals surface area contributed by atoms with E-state index in [9.17, 15) is 9.59 Å². The second-order valence-electron chi connectivity index (χ2n) is 7.95. The third kappa shape index (κ3) is 5.56. The molecule has 1 aliphatic heterocycles. The van der Waals surface area contributed by atoms with Crippen LogP contribution in [-0.2, 0) is 11.3 Å². The number of hydrogen-bond acceptors (Lipinski definition) is 3. The van der Waals surface area contributed by atoms with Gasteiger partial charge in [0.05, 0.1) is 0 Å². The summed E-state index contributed by atoms with van der Waals surface area (Å²) in [5, 5.41) is 6.13. The predicted octanol–water partition coefficient (Wildman–Crippen LogP) is 2.42. The molecule has 0 saturated carbocycles. The lowest BCUT2D eigenvalue weighted by atomic mass is 9.95. The quantitative estimate of drug-likeness (QED) is 0.861. The van der Waals surface area contributed by atoms with Crippen molar-refractivity contribution < 1.29 is 9.59 Å². The van der Waals surface area contributed by atoms with E-state index in [1.165, 1.54) is 6.42 Å². The molecule has 25 heavy (non-hydrogen) atoms. The standard InChI is InChI=1S/C20H31N3O2/c1-20(2,3)19(25)22-13-15-7-9-17(10-8-15)18(24)23-11-5-6-16(14-23)12-21-4/h7-10,16,21H,5-6,11-14H2,1-4H3,(H,22,25). The lowest BCUT2D eigenvalue weighted by Gasteiger charge is -2.32. The molecule has 1 aliphatic rings. The average molecular weight is 345 g/mol. The van der Waals surface area contributed by atoms with Crippen molar-refractivity contribution in [1.29, 1.82) is 0 Å². The van der Waals surface area contributed by atoms with Crippen molar-refractivity contribution in [2.45, 2.75) is 40.2 Å². The van der Waals surface area contributed by atoms with Gasteiger partial charge in [-0.2, -0.15) is 0 Å². The molecule has 0 spiro atoms. The van der Waals surface area contributed by atoms with Gasteiger partial charge < -0.3 is 15.5 Å². The summed E-state index contributed by atoms with van der Waals surface area (Å²) in [4.78, 5) is 26.6. The molecule has 2 N–H and O–H groups in total. The van der Waals surface area contributed by atoms with Crippen molar-refractivity contribution in [2.24, 2.45) is 11.3 Å². The summed E-state index contributed by atoms with van der Waals surface area (Å²) in [6, 6.07) is 7.57. The molecule has 5 nitrogen and oxygen atoms in total. The van der Waals surface area contributed by atoms with E-state index in [0.29, 0.717) is 12.5 Å². The van der Waals surface area contributed by atoms with E-state index in [1.54, 1.807) is 0 Å². The van der Waals surface area contributed by atoms with E-state index < -0.39 is 5.41 Å². The molecule has 1 saturated heterocycles. The zero-order valence-electron chi connectivity index (χ0n) is 15.9. The molecule has 0 bridgehead atoms. The molecule has 1 aromatic carbocycles. The Morgan fingerprint density at radius 2 is 1.88 bits per heavy atom. The van der Waals surface area contributed by atoms with Crippen LogP contribution in [0.5, 0.6) is 0 Å². The minimum absolute atomic E-state index is 0.0246. The fraction of sp³-hybridized carbons (Fsp3) is 0.600. The van der Waals surface area contributed by atoms with Gasteiger partial charge in [0.15, 0.2) is 0 Å². The van der Waals surface area contributed by atoms with E-state index in [0.717, 1.165) is 37.2 Å². The second-order valence-corrected chi connectivity index (χ2v) is 7.95. The van der Waals surface area contributed by atoms with Gasteiger partial charge in [-0.25, -0.2) is 0 Å². The zero-order chi connectivity index (χ0) is 18.4. The van der Waals surface area contributed by atoms with E-state index in [1.807, 2.05) is 57.0 Å². The average Bonchev–Trinajstić information content (AvgIpc) is 2.59. The smallest absolute Gasteiger partial charge is 0.253 e. The summed E-state index contributed by atoms with van der Waals surface area (Å²) < 4.78 is 0. The fourth-order valence-corrected chi connectivity index (χ4v) is 3.10. The molecular formula is C20H31N3O2. The van der Waals surface area contributed by atoms with Gasteiger partial charge >= 0.3 is 0 Å².